The van der Waals surface area contributed by atoms with Gasteiger partial charge in [0.1, 0.15) is 5.72 Å². The van der Waals surface area contributed by atoms with E-state index in [-0.39, 0.29) is 5.72 Å². The van der Waals surface area contributed by atoms with Gasteiger partial charge >= 0.3 is 5.97 Å². The van der Waals surface area contributed by atoms with Crippen LogP contribution in [0.4, 0.5) is 0 Å². The topological polar surface area (TPSA) is 49.8 Å². The van der Waals surface area contributed by atoms with Gasteiger partial charge in [0, 0.05) is 19.1 Å². The summed E-state index contributed by atoms with van der Waals surface area (Å²) < 4.78 is 6.22. The van der Waals surface area contributed by atoms with E-state index in [4.69, 9.17) is 9.84 Å². The Hall–Kier alpha value is -0.610. The van der Waals surface area contributed by atoms with Crippen LogP contribution >= 0.6 is 0 Å². The Morgan fingerprint density at radius 3 is 2.57 bits per heavy atom. The first-order valence-electron chi connectivity index (χ1n) is 9.58. The number of hydrogen-bond donors (Lipinski definition) is 1. The standard InChI is InChI=1S/C19H37NO3/c1-4-5-9-12-17-14-15-19(2,20(17)3)23-16-11-8-6-7-10-13-18(21)22/h17H,4-16H2,1-3H3,(H,21,22). The van der Waals surface area contributed by atoms with Gasteiger partial charge in [-0.3, -0.25) is 9.69 Å². The Morgan fingerprint density at radius 2 is 1.87 bits per heavy atom. The summed E-state index contributed by atoms with van der Waals surface area (Å²) in [4.78, 5) is 12.9. The Morgan fingerprint density at radius 1 is 1.17 bits per heavy atom. The third kappa shape index (κ3) is 7.67. The molecular formula is C19H37NO3. The first kappa shape index (κ1) is 20.4. The Balaban J connectivity index is 2.10. The van der Waals surface area contributed by atoms with Crippen LogP contribution in [0.5, 0.6) is 0 Å². The molecule has 1 rings (SSSR count). The molecule has 1 N–H and O–H groups in total. The van der Waals surface area contributed by atoms with Gasteiger partial charge in [-0.15, -0.1) is 0 Å². The lowest BCUT2D eigenvalue weighted by molar-refractivity contribution is -0.137. The molecule has 2 atom stereocenters. The zero-order valence-corrected chi connectivity index (χ0v) is 15.5. The van der Waals surface area contributed by atoms with Crippen LogP contribution in [-0.2, 0) is 9.53 Å². The molecule has 1 aliphatic rings. The highest BCUT2D eigenvalue weighted by atomic mass is 16.5. The highest BCUT2D eigenvalue weighted by Gasteiger charge is 2.40. The van der Waals surface area contributed by atoms with E-state index >= 15 is 0 Å². The van der Waals surface area contributed by atoms with Crippen molar-refractivity contribution in [1.82, 2.24) is 4.90 Å². The third-order valence-corrected chi connectivity index (χ3v) is 5.32. The highest BCUT2D eigenvalue weighted by Crippen LogP contribution is 2.35. The number of ether oxygens (including phenoxy) is 1. The summed E-state index contributed by atoms with van der Waals surface area (Å²) in [5.74, 6) is -0.681. The molecule has 0 aromatic rings. The van der Waals surface area contributed by atoms with Crippen molar-refractivity contribution in [2.24, 2.45) is 0 Å². The predicted octanol–water partition coefficient (Wildman–Crippen LogP) is 4.82. The highest BCUT2D eigenvalue weighted by molar-refractivity contribution is 5.66. The van der Waals surface area contributed by atoms with E-state index in [1.165, 1.54) is 32.1 Å². The molecule has 0 aliphatic carbocycles. The number of carboxylic acids is 1. The Bertz CT molecular complexity index is 335. The van der Waals surface area contributed by atoms with Gasteiger partial charge in [-0.2, -0.15) is 0 Å². The zero-order chi connectivity index (χ0) is 17.1. The van der Waals surface area contributed by atoms with Crippen LogP contribution in [0, 0.1) is 0 Å². The fourth-order valence-corrected chi connectivity index (χ4v) is 3.53. The van der Waals surface area contributed by atoms with Gasteiger partial charge in [0.15, 0.2) is 0 Å². The molecule has 23 heavy (non-hydrogen) atoms. The number of rotatable bonds is 13. The zero-order valence-electron chi connectivity index (χ0n) is 15.5. The van der Waals surface area contributed by atoms with Crippen LogP contribution in [0.1, 0.15) is 90.9 Å². The molecular weight excluding hydrogens is 290 g/mol. The molecule has 0 radical (unpaired) electrons. The first-order chi connectivity index (χ1) is 11.0. The van der Waals surface area contributed by atoms with Crippen LogP contribution in [-0.4, -0.2) is 41.4 Å². The maximum Gasteiger partial charge on any atom is 0.303 e. The van der Waals surface area contributed by atoms with Crippen molar-refractivity contribution in [2.75, 3.05) is 13.7 Å². The van der Waals surface area contributed by atoms with E-state index in [0.29, 0.717) is 12.5 Å². The third-order valence-electron chi connectivity index (χ3n) is 5.32. The Labute approximate surface area is 142 Å². The average molecular weight is 328 g/mol. The molecule has 0 saturated carbocycles. The maximum absolute atomic E-state index is 10.4. The van der Waals surface area contributed by atoms with Crippen molar-refractivity contribution in [3.63, 3.8) is 0 Å². The molecule has 1 fully saturated rings. The van der Waals surface area contributed by atoms with Gasteiger partial charge in [-0.1, -0.05) is 45.4 Å². The molecule has 0 aromatic carbocycles. The van der Waals surface area contributed by atoms with Gasteiger partial charge < -0.3 is 9.84 Å². The van der Waals surface area contributed by atoms with Gasteiger partial charge in [0.05, 0.1) is 0 Å². The SMILES string of the molecule is CCCCCC1CCC(C)(OCCCCCCCC(=O)O)N1C. The second-order valence-electron chi connectivity index (χ2n) is 7.23. The molecule has 4 nitrogen and oxygen atoms in total. The summed E-state index contributed by atoms with van der Waals surface area (Å²) in [5.41, 5.74) is -0.0831. The molecule has 4 heteroatoms. The molecule has 1 aliphatic heterocycles. The molecule has 2 unspecified atom stereocenters. The molecule has 1 heterocycles. The minimum atomic E-state index is -0.681. The molecule has 0 bridgehead atoms. The first-order valence-corrected chi connectivity index (χ1v) is 9.58. The molecule has 1 saturated heterocycles. The lowest BCUT2D eigenvalue weighted by atomic mass is 10.1. The normalized spacial score (nSPS) is 25.1. The second-order valence-corrected chi connectivity index (χ2v) is 7.23. The number of likely N-dealkylation sites (tertiary alicyclic amines) is 1. The van der Waals surface area contributed by atoms with Crippen LogP contribution in [0.2, 0.25) is 0 Å². The van der Waals surface area contributed by atoms with E-state index in [1.54, 1.807) is 0 Å². The fraction of sp³-hybridized carbons (Fsp3) is 0.947. The molecule has 0 aromatic heterocycles. The monoisotopic (exact) mass is 327 g/mol. The molecule has 0 amide bonds. The fourth-order valence-electron chi connectivity index (χ4n) is 3.53. The van der Waals surface area contributed by atoms with Crippen LogP contribution in [0.15, 0.2) is 0 Å². The number of nitrogens with zero attached hydrogens (tertiary/aromatic N) is 1. The minimum Gasteiger partial charge on any atom is -0.481 e. The quantitative estimate of drug-likeness (QED) is 0.493. The van der Waals surface area contributed by atoms with Crippen LogP contribution in [0.3, 0.4) is 0 Å². The summed E-state index contributed by atoms with van der Waals surface area (Å²) >= 11 is 0. The van der Waals surface area contributed by atoms with Crippen molar-refractivity contribution >= 4 is 5.97 Å². The number of aliphatic carboxylic acids is 1. The largest absolute Gasteiger partial charge is 0.481 e. The lowest BCUT2D eigenvalue weighted by Gasteiger charge is -2.35. The maximum atomic E-state index is 10.4. The van der Waals surface area contributed by atoms with E-state index in [1.807, 2.05) is 0 Å². The van der Waals surface area contributed by atoms with Gasteiger partial charge in [0.25, 0.3) is 0 Å². The van der Waals surface area contributed by atoms with Gasteiger partial charge in [-0.05, 0) is 46.1 Å². The Kier molecular flexibility index (Phi) is 9.80. The smallest absolute Gasteiger partial charge is 0.303 e. The lowest BCUT2D eigenvalue weighted by Crippen LogP contribution is -2.44. The van der Waals surface area contributed by atoms with Crippen LogP contribution < -0.4 is 0 Å². The van der Waals surface area contributed by atoms with E-state index in [0.717, 1.165) is 45.1 Å². The second kappa shape index (κ2) is 11.0. The average Bonchev–Trinajstić information content (AvgIpc) is 2.79. The van der Waals surface area contributed by atoms with E-state index in [9.17, 15) is 4.79 Å². The summed E-state index contributed by atoms with van der Waals surface area (Å²) in [6.45, 7) is 5.31. The minimum absolute atomic E-state index is 0.0831. The van der Waals surface area contributed by atoms with Crippen molar-refractivity contribution in [3.8, 4) is 0 Å². The van der Waals surface area contributed by atoms with Crippen molar-refractivity contribution in [2.45, 2.75) is 103 Å². The van der Waals surface area contributed by atoms with E-state index in [2.05, 4.69) is 25.8 Å². The number of carbonyl (C=O) groups is 1. The van der Waals surface area contributed by atoms with Gasteiger partial charge in [-0.25, -0.2) is 0 Å². The summed E-state index contributed by atoms with van der Waals surface area (Å²) in [7, 11) is 2.22. The summed E-state index contributed by atoms with van der Waals surface area (Å²) in [5, 5.41) is 8.59. The predicted molar refractivity (Wildman–Crippen MR) is 94.6 cm³/mol. The number of unbranched alkanes of at least 4 members (excludes halogenated alkanes) is 6. The molecule has 136 valence electrons. The van der Waals surface area contributed by atoms with Gasteiger partial charge in [0.2, 0.25) is 0 Å². The van der Waals surface area contributed by atoms with Crippen molar-refractivity contribution in [1.29, 1.82) is 0 Å². The van der Waals surface area contributed by atoms with Crippen LogP contribution in [0.25, 0.3) is 0 Å². The number of hydrogen-bond acceptors (Lipinski definition) is 3. The molecule has 0 spiro atoms. The number of carboxylic acid groups (broad SMARTS) is 1. The summed E-state index contributed by atoms with van der Waals surface area (Å²) in [6.07, 6.45) is 13.1. The summed E-state index contributed by atoms with van der Waals surface area (Å²) in [6, 6.07) is 0.683. The van der Waals surface area contributed by atoms with E-state index < -0.39 is 5.97 Å². The van der Waals surface area contributed by atoms with Crippen molar-refractivity contribution in [3.05, 3.63) is 0 Å². The van der Waals surface area contributed by atoms with Crippen molar-refractivity contribution < 1.29 is 14.6 Å².